The van der Waals surface area contributed by atoms with Gasteiger partial charge in [0, 0.05) is 26.6 Å². The molecule has 0 fully saturated rings. The van der Waals surface area contributed by atoms with Gasteiger partial charge in [-0.25, -0.2) is 9.78 Å². The first kappa shape index (κ1) is 18.5. The molecule has 2 N–H and O–H groups in total. The van der Waals surface area contributed by atoms with E-state index in [9.17, 15) is 9.59 Å². The molecule has 1 heterocycles. The van der Waals surface area contributed by atoms with Crippen molar-refractivity contribution in [2.24, 2.45) is 7.05 Å². The van der Waals surface area contributed by atoms with Gasteiger partial charge in [-0.15, -0.1) is 0 Å². The normalized spacial score (nSPS) is 11.6. The van der Waals surface area contributed by atoms with Gasteiger partial charge in [0.25, 0.3) is 5.56 Å². The van der Waals surface area contributed by atoms with Gasteiger partial charge in [0.15, 0.2) is 0 Å². The predicted molar refractivity (Wildman–Crippen MR) is 93.9 cm³/mol. The smallest absolute Gasteiger partial charge is 0.321 e. The third-order valence-corrected chi connectivity index (χ3v) is 3.48. The highest BCUT2D eigenvalue weighted by Crippen LogP contribution is 2.18. The highest BCUT2D eigenvalue weighted by Gasteiger charge is 2.16. The minimum absolute atomic E-state index is 0.0367. The Bertz CT molecular complexity index is 758. The van der Waals surface area contributed by atoms with E-state index in [1.165, 1.54) is 17.0 Å². The number of amides is 2. The van der Waals surface area contributed by atoms with Crippen LogP contribution in [0.4, 0.5) is 10.6 Å². The fourth-order valence-electron chi connectivity index (χ4n) is 2.24. The molecule has 0 unspecified atom stereocenters. The lowest BCUT2D eigenvalue weighted by atomic mass is 10.1. The molecular weight excluding hydrogens is 324 g/mol. The number of methoxy groups -OCH3 is 1. The van der Waals surface area contributed by atoms with Gasteiger partial charge >= 0.3 is 6.03 Å². The van der Waals surface area contributed by atoms with Crippen LogP contribution in [-0.2, 0) is 11.8 Å². The Hall–Kier alpha value is -2.87. The second-order valence-corrected chi connectivity index (χ2v) is 5.30. The standard InChI is InChI=1S/C17H22N4O4/c1-4-25-13-7-5-12(6-8-13)14(11-24-3)19-17(23)20-15-16(22)21(2)10-9-18-15/h5-10,14H,4,11H2,1-3H3,(H2,18,19,20,23)/t14-/m0/s1. The number of nitrogens with zero attached hydrogens (tertiary/aromatic N) is 2. The Labute approximate surface area is 145 Å². The van der Waals surface area contributed by atoms with Crippen LogP contribution in [0.3, 0.4) is 0 Å². The van der Waals surface area contributed by atoms with Crippen molar-refractivity contribution < 1.29 is 14.3 Å². The molecule has 2 aromatic rings. The molecular formula is C17H22N4O4. The van der Waals surface area contributed by atoms with E-state index in [1.807, 2.05) is 31.2 Å². The van der Waals surface area contributed by atoms with Gasteiger partial charge in [-0.05, 0) is 24.6 Å². The van der Waals surface area contributed by atoms with E-state index in [4.69, 9.17) is 9.47 Å². The van der Waals surface area contributed by atoms with Gasteiger partial charge in [0.2, 0.25) is 5.82 Å². The number of carbonyl (C=O) groups excluding carboxylic acids is 1. The molecule has 2 amide bonds. The van der Waals surface area contributed by atoms with Crippen LogP contribution in [0.25, 0.3) is 0 Å². The number of anilines is 1. The first-order valence-corrected chi connectivity index (χ1v) is 7.86. The summed E-state index contributed by atoms with van der Waals surface area (Å²) in [6, 6.07) is 6.45. The molecule has 134 valence electrons. The first-order valence-electron chi connectivity index (χ1n) is 7.86. The molecule has 2 rings (SSSR count). The summed E-state index contributed by atoms with van der Waals surface area (Å²) >= 11 is 0. The van der Waals surface area contributed by atoms with Gasteiger partial charge < -0.3 is 19.4 Å². The first-order chi connectivity index (χ1) is 12.0. The number of hydrogen-bond donors (Lipinski definition) is 2. The van der Waals surface area contributed by atoms with Crippen LogP contribution < -0.4 is 20.9 Å². The zero-order chi connectivity index (χ0) is 18.2. The molecule has 0 saturated carbocycles. The van der Waals surface area contributed by atoms with E-state index in [1.54, 1.807) is 14.2 Å². The number of hydrogen-bond acceptors (Lipinski definition) is 5. The Morgan fingerprint density at radius 2 is 2.04 bits per heavy atom. The van der Waals surface area contributed by atoms with Crippen molar-refractivity contribution in [2.45, 2.75) is 13.0 Å². The molecule has 25 heavy (non-hydrogen) atoms. The summed E-state index contributed by atoms with van der Waals surface area (Å²) in [6.45, 7) is 2.78. The predicted octanol–water partition coefficient (Wildman–Crippen LogP) is 1.69. The van der Waals surface area contributed by atoms with Gasteiger partial charge in [-0.3, -0.25) is 10.1 Å². The summed E-state index contributed by atoms with van der Waals surface area (Å²) in [4.78, 5) is 28.0. The molecule has 0 aliphatic rings. The van der Waals surface area contributed by atoms with Crippen LogP contribution in [0, 0.1) is 0 Å². The van der Waals surface area contributed by atoms with E-state index in [2.05, 4.69) is 15.6 Å². The molecule has 0 radical (unpaired) electrons. The highest BCUT2D eigenvalue weighted by molar-refractivity contribution is 5.88. The monoisotopic (exact) mass is 346 g/mol. The summed E-state index contributed by atoms with van der Waals surface area (Å²) in [7, 11) is 3.14. The van der Waals surface area contributed by atoms with Crippen LogP contribution in [0.1, 0.15) is 18.5 Å². The fraction of sp³-hybridized carbons (Fsp3) is 0.353. The zero-order valence-electron chi connectivity index (χ0n) is 14.5. The van der Waals surface area contributed by atoms with Crippen LogP contribution in [0.5, 0.6) is 5.75 Å². The molecule has 8 nitrogen and oxygen atoms in total. The summed E-state index contributed by atoms with van der Waals surface area (Å²) in [5.41, 5.74) is 0.469. The van der Waals surface area contributed by atoms with Crippen LogP contribution in [0.2, 0.25) is 0 Å². The zero-order valence-corrected chi connectivity index (χ0v) is 14.5. The van der Waals surface area contributed by atoms with Gasteiger partial charge in [-0.2, -0.15) is 0 Å². The van der Waals surface area contributed by atoms with E-state index < -0.39 is 6.03 Å². The maximum Gasteiger partial charge on any atom is 0.321 e. The second kappa shape index (κ2) is 8.84. The van der Waals surface area contributed by atoms with Crippen molar-refractivity contribution >= 4 is 11.8 Å². The lowest BCUT2D eigenvalue weighted by Gasteiger charge is -2.19. The molecule has 0 saturated heterocycles. The molecule has 1 atom stereocenters. The van der Waals surface area contributed by atoms with Gasteiger partial charge in [0.05, 0.1) is 19.3 Å². The van der Waals surface area contributed by atoms with Crippen molar-refractivity contribution in [2.75, 3.05) is 25.6 Å². The van der Waals surface area contributed by atoms with E-state index in [-0.39, 0.29) is 24.0 Å². The number of aromatic nitrogens is 2. The average Bonchev–Trinajstić information content (AvgIpc) is 2.60. The third-order valence-electron chi connectivity index (χ3n) is 3.48. The largest absolute Gasteiger partial charge is 0.494 e. The van der Waals surface area contributed by atoms with E-state index in [0.29, 0.717) is 6.61 Å². The SMILES string of the molecule is CCOc1ccc([C@H](COC)NC(=O)Nc2nccn(C)c2=O)cc1. The highest BCUT2D eigenvalue weighted by atomic mass is 16.5. The Morgan fingerprint density at radius 1 is 1.32 bits per heavy atom. The number of rotatable bonds is 7. The van der Waals surface area contributed by atoms with Crippen molar-refractivity contribution in [3.05, 3.63) is 52.6 Å². The molecule has 8 heteroatoms. The number of urea groups is 1. The Balaban J connectivity index is 2.08. The van der Waals surface area contributed by atoms with Crippen molar-refractivity contribution in [3.8, 4) is 5.75 Å². The van der Waals surface area contributed by atoms with E-state index >= 15 is 0 Å². The van der Waals surface area contributed by atoms with Gasteiger partial charge in [-0.1, -0.05) is 12.1 Å². The summed E-state index contributed by atoms with van der Waals surface area (Å²) in [6.07, 6.45) is 2.95. The fourth-order valence-corrected chi connectivity index (χ4v) is 2.24. The maximum absolute atomic E-state index is 12.2. The summed E-state index contributed by atoms with van der Waals surface area (Å²) in [5, 5.41) is 5.24. The summed E-state index contributed by atoms with van der Waals surface area (Å²) in [5.74, 6) is 0.717. The molecule has 1 aromatic carbocycles. The maximum atomic E-state index is 12.2. The minimum atomic E-state index is -0.535. The molecule has 1 aromatic heterocycles. The molecule has 0 bridgehead atoms. The van der Waals surface area contributed by atoms with Crippen LogP contribution in [-0.4, -0.2) is 35.9 Å². The Kier molecular flexibility index (Phi) is 6.53. The van der Waals surface area contributed by atoms with Crippen molar-refractivity contribution in [3.63, 3.8) is 0 Å². The second-order valence-electron chi connectivity index (χ2n) is 5.30. The van der Waals surface area contributed by atoms with Crippen molar-refractivity contribution in [1.82, 2.24) is 14.9 Å². The van der Waals surface area contributed by atoms with Gasteiger partial charge in [0.1, 0.15) is 5.75 Å². The minimum Gasteiger partial charge on any atom is -0.494 e. The number of nitrogens with one attached hydrogen (secondary N) is 2. The number of carbonyl (C=O) groups is 1. The number of aryl methyl sites for hydroxylation is 1. The molecule has 0 aliphatic carbocycles. The van der Waals surface area contributed by atoms with Crippen molar-refractivity contribution in [1.29, 1.82) is 0 Å². The lowest BCUT2D eigenvalue weighted by Crippen LogP contribution is -2.37. The topological polar surface area (TPSA) is 94.5 Å². The lowest BCUT2D eigenvalue weighted by molar-refractivity contribution is 0.168. The number of benzene rings is 1. The molecule has 0 spiro atoms. The molecule has 0 aliphatic heterocycles. The van der Waals surface area contributed by atoms with Crippen LogP contribution in [0.15, 0.2) is 41.5 Å². The van der Waals surface area contributed by atoms with E-state index in [0.717, 1.165) is 11.3 Å². The Morgan fingerprint density at radius 3 is 2.68 bits per heavy atom. The quantitative estimate of drug-likeness (QED) is 0.795. The van der Waals surface area contributed by atoms with Crippen LogP contribution >= 0.6 is 0 Å². The number of ether oxygens (including phenoxy) is 2. The third kappa shape index (κ3) is 5.05. The summed E-state index contributed by atoms with van der Waals surface area (Å²) < 4.78 is 11.9. The average molecular weight is 346 g/mol.